The number of anilines is 1. The first-order valence-electron chi connectivity index (χ1n) is 8.70. The molecule has 5 nitrogen and oxygen atoms in total. The third kappa shape index (κ3) is 3.91. The monoisotopic (exact) mass is 404 g/mol. The molecule has 0 saturated carbocycles. The second kappa shape index (κ2) is 8.29. The smallest absolute Gasteiger partial charge is 0.198 e. The summed E-state index contributed by atoms with van der Waals surface area (Å²) in [5.74, 6) is 0.114. The zero-order chi connectivity index (χ0) is 19.7. The fraction of sp³-hybridized carbons (Fsp3) is 0.0870. The van der Waals surface area contributed by atoms with E-state index in [0.29, 0.717) is 22.0 Å². The van der Waals surface area contributed by atoms with Crippen LogP contribution in [0.5, 0.6) is 0 Å². The van der Waals surface area contributed by atoms with Crippen molar-refractivity contribution < 1.29 is 4.79 Å². The molecule has 0 atom stereocenters. The first-order chi connectivity index (χ1) is 13.5. The van der Waals surface area contributed by atoms with Crippen LogP contribution in [0.4, 0.5) is 5.82 Å². The van der Waals surface area contributed by atoms with E-state index in [1.54, 1.807) is 29.2 Å². The number of nitrogens with zero attached hydrogens (tertiary/aromatic N) is 3. The van der Waals surface area contributed by atoms with E-state index >= 15 is 0 Å². The average molecular weight is 405 g/mol. The predicted molar refractivity (Wildman–Crippen MR) is 118 cm³/mol. The topological polar surface area (TPSA) is 73.8 Å². The van der Waals surface area contributed by atoms with Gasteiger partial charge in [-0.2, -0.15) is 5.10 Å². The van der Waals surface area contributed by atoms with Crippen LogP contribution in [0.2, 0.25) is 5.02 Å². The van der Waals surface area contributed by atoms with Crippen molar-refractivity contribution in [1.82, 2.24) is 14.8 Å². The van der Waals surface area contributed by atoms with Crippen LogP contribution in [0.15, 0.2) is 73.2 Å². The van der Waals surface area contributed by atoms with Gasteiger partial charge in [0.1, 0.15) is 5.82 Å². The molecule has 0 aliphatic rings. The van der Waals surface area contributed by atoms with Crippen molar-refractivity contribution in [3.8, 4) is 16.8 Å². The minimum Gasteiger partial charge on any atom is -0.383 e. The number of carbonyl (C=O) groups is 1. The number of halogens is 1. The maximum Gasteiger partial charge on any atom is 0.198 e. The minimum atomic E-state index is -0.180. The van der Waals surface area contributed by atoms with Crippen LogP contribution in [0, 0.1) is 6.92 Å². The summed E-state index contributed by atoms with van der Waals surface area (Å²) in [5, 5.41) is 4.96. The van der Waals surface area contributed by atoms with Gasteiger partial charge in [-0.15, -0.1) is 0 Å². The van der Waals surface area contributed by atoms with Crippen molar-refractivity contribution >= 4 is 23.2 Å². The Morgan fingerprint density at radius 3 is 2.55 bits per heavy atom. The number of benzene rings is 2. The van der Waals surface area contributed by atoms with E-state index in [0.717, 1.165) is 22.4 Å². The van der Waals surface area contributed by atoms with Crippen molar-refractivity contribution in [3.05, 3.63) is 94.9 Å². The van der Waals surface area contributed by atoms with Gasteiger partial charge in [0.25, 0.3) is 0 Å². The summed E-state index contributed by atoms with van der Waals surface area (Å²) in [5.41, 5.74) is 10.7. The first kappa shape index (κ1) is 20.3. The molecule has 4 aromatic rings. The average Bonchev–Trinajstić information content (AvgIpc) is 3.09. The molecule has 0 bridgehead atoms. The highest BCUT2D eigenvalue weighted by atomic mass is 35.5. The number of nitrogen functional groups attached to an aromatic ring is 1. The van der Waals surface area contributed by atoms with E-state index in [-0.39, 0.29) is 13.2 Å². The molecule has 4 rings (SSSR count). The highest BCUT2D eigenvalue weighted by Crippen LogP contribution is 2.26. The van der Waals surface area contributed by atoms with Gasteiger partial charge < -0.3 is 5.73 Å². The number of rotatable bonds is 4. The summed E-state index contributed by atoms with van der Waals surface area (Å²) in [4.78, 5) is 17.2. The van der Waals surface area contributed by atoms with Crippen LogP contribution in [0.1, 0.15) is 28.9 Å². The van der Waals surface area contributed by atoms with Crippen molar-refractivity contribution in [1.29, 1.82) is 0 Å². The normalized spacial score (nSPS) is 10.4. The van der Waals surface area contributed by atoms with E-state index in [2.05, 4.69) is 10.1 Å². The number of carbonyl (C=O) groups excluding carboxylic acids is 1. The Morgan fingerprint density at radius 2 is 1.83 bits per heavy atom. The van der Waals surface area contributed by atoms with Crippen LogP contribution < -0.4 is 5.73 Å². The van der Waals surface area contributed by atoms with Crippen LogP contribution in [0.25, 0.3) is 16.8 Å². The number of hydrogen-bond acceptors (Lipinski definition) is 4. The maximum atomic E-state index is 13.1. The quantitative estimate of drug-likeness (QED) is 0.465. The Bertz CT molecular complexity index is 1170. The summed E-state index contributed by atoms with van der Waals surface area (Å²) in [7, 11) is 0. The van der Waals surface area contributed by atoms with Crippen LogP contribution in [-0.2, 0) is 0 Å². The molecule has 2 aromatic carbocycles. The Labute approximate surface area is 174 Å². The number of hydrogen-bond donors (Lipinski definition) is 1. The third-order valence-corrected chi connectivity index (χ3v) is 4.79. The Kier molecular flexibility index (Phi) is 5.80. The standard InChI is InChI=1S/C22H17ClN4O.CH4/c1-14-10-18(23)7-8-20(14)27-22(24)19(13-26-27)21(28)16-5-2-4-15(11-16)17-6-3-9-25-12-17;/h2-13H,24H2,1H3;1H4. The summed E-state index contributed by atoms with van der Waals surface area (Å²) in [6.45, 7) is 1.92. The molecule has 0 aliphatic carbocycles. The molecule has 2 aromatic heterocycles. The maximum absolute atomic E-state index is 13.1. The van der Waals surface area contributed by atoms with Crippen LogP contribution in [0.3, 0.4) is 0 Å². The molecule has 0 saturated heterocycles. The summed E-state index contributed by atoms with van der Waals surface area (Å²) >= 11 is 6.03. The lowest BCUT2D eigenvalue weighted by Gasteiger charge is -2.09. The van der Waals surface area contributed by atoms with E-state index in [1.165, 1.54) is 6.20 Å². The first-order valence-corrected chi connectivity index (χ1v) is 9.07. The lowest BCUT2D eigenvalue weighted by molar-refractivity contribution is 0.103. The molecule has 29 heavy (non-hydrogen) atoms. The van der Waals surface area contributed by atoms with E-state index < -0.39 is 0 Å². The highest BCUT2D eigenvalue weighted by Gasteiger charge is 2.19. The molecule has 6 heteroatoms. The van der Waals surface area contributed by atoms with Crippen LogP contribution in [-0.4, -0.2) is 20.5 Å². The zero-order valence-electron chi connectivity index (χ0n) is 15.1. The lowest BCUT2D eigenvalue weighted by Crippen LogP contribution is -2.08. The molecule has 0 unspecified atom stereocenters. The van der Waals surface area contributed by atoms with Gasteiger partial charge in [0.2, 0.25) is 0 Å². The highest BCUT2D eigenvalue weighted by molar-refractivity contribution is 6.30. The second-order valence-electron chi connectivity index (χ2n) is 6.44. The number of ketones is 1. The van der Waals surface area contributed by atoms with Crippen molar-refractivity contribution in [2.75, 3.05) is 5.73 Å². The number of nitrogens with two attached hydrogens (primary N) is 1. The fourth-order valence-electron chi connectivity index (χ4n) is 3.11. The largest absolute Gasteiger partial charge is 0.383 e. The van der Waals surface area contributed by atoms with Crippen molar-refractivity contribution in [2.45, 2.75) is 14.4 Å². The Hall–Kier alpha value is -3.44. The van der Waals surface area contributed by atoms with Crippen molar-refractivity contribution in [3.63, 3.8) is 0 Å². The number of aromatic nitrogens is 3. The minimum absolute atomic E-state index is 0. The van der Waals surface area contributed by atoms with Gasteiger partial charge in [-0.3, -0.25) is 9.78 Å². The van der Waals surface area contributed by atoms with Gasteiger partial charge in [0, 0.05) is 28.5 Å². The summed E-state index contributed by atoms with van der Waals surface area (Å²) in [6, 6.07) is 16.6. The van der Waals surface area contributed by atoms with Gasteiger partial charge in [-0.1, -0.05) is 43.3 Å². The van der Waals surface area contributed by atoms with E-state index in [4.69, 9.17) is 17.3 Å². The molecular weight excluding hydrogens is 384 g/mol. The molecule has 0 fully saturated rings. The second-order valence-corrected chi connectivity index (χ2v) is 6.87. The van der Waals surface area contributed by atoms with E-state index in [1.807, 2.05) is 49.4 Å². The molecule has 146 valence electrons. The summed E-state index contributed by atoms with van der Waals surface area (Å²) < 4.78 is 1.56. The molecule has 0 radical (unpaired) electrons. The van der Waals surface area contributed by atoms with Crippen molar-refractivity contribution in [2.24, 2.45) is 0 Å². The Balaban J connectivity index is 0.00000240. The number of pyridine rings is 1. The third-order valence-electron chi connectivity index (χ3n) is 4.56. The fourth-order valence-corrected chi connectivity index (χ4v) is 3.34. The van der Waals surface area contributed by atoms with Gasteiger partial charge in [-0.05, 0) is 48.4 Å². The molecular formula is C23H21ClN4O. The number of aryl methyl sites for hydroxylation is 1. The summed E-state index contributed by atoms with van der Waals surface area (Å²) in [6.07, 6.45) is 4.98. The van der Waals surface area contributed by atoms with Gasteiger partial charge in [0.15, 0.2) is 5.78 Å². The zero-order valence-corrected chi connectivity index (χ0v) is 15.9. The lowest BCUT2D eigenvalue weighted by atomic mass is 10.00. The SMILES string of the molecule is C.Cc1cc(Cl)ccc1-n1ncc(C(=O)c2cccc(-c3cccnc3)c2)c1N. The Morgan fingerprint density at radius 1 is 1.03 bits per heavy atom. The molecule has 2 heterocycles. The van der Waals surface area contributed by atoms with E-state index in [9.17, 15) is 4.79 Å². The molecule has 0 amide bonds. The van der Waals surface area contributed by atoms with Gasteiger partial charge in [0.05, 0.1) is 17.4 Å². The molecule has 0 spiro atoms. The van der Waals surface area contributed by atoms with Crippen LogP contribution >= 0.6 is 11.6 Å². The van der Waals surface area contributed by atoms with Gasteiger partial charge in [-0.25, -0.2) is 4.68 Å². The van der Waals surface area contributed by atoms with Gasteiger partial charge >= 0.3 is 0 Å². The predicted octanol–water partition coefficient (Wildman–Crippen LogP) is 5.35. The molecule has 2 N–H and O–H groups in total. The molecule has 0 aliphatic heterocycles.